The molecule has 1 atom stereocenters. The summed E-state index contributed by atoms with van der Waals surface area (Å²) >= 11 is 0.737. The van der Waals surface area contributed by atoms with Crippen LogP contribution in [0.1, 0.15) is 46.1 Å². The quantitative estimate of drug-likeness (QED) is 0.185. The predicted molar refractivity (Wildman–Crippen MR) is 169 cm³/mol. The fraction of sp³-hybridized carbons (Fsp3) is 0.312. The van der Waals surface area contributed by atoms with Crippen molar-refractivity contribution in [3.8, 4) is 0 Å². The van der Waals surface area contributed by atoms with Crippen LogP contribution >= 0.6 is 11.3 Å². The van der Waals surface area contributed by atoms with Crippen LogP contribution in [-0.4, -0.2) is 59.0 Å². The van der Waals surface area contributed by atoms with Gasteiger partial charge in [0.25, 0.3) is 5.91 Å². The zero-order chi connectivity index (χ0) is 32.3. The number of likely N-dealkylation sites (tertiary alicyclic amines) is 1. The van der Waals surface area contributed by atoms with Gasteiger partial charge in [-0.3, -0.25) is 4.79 Å². The molecule has 3 N–H and O–H groups in total. The molecule has 2 aromatic carbocycles. The van der Waals surface area contributed by atoms with E-state index in [0.717, 1.165) is 24.2 Å². The molecule has 2 aromatic heterocycles. The molecule has 4 aromatic rings. The standard InChI is InChI=1S/C32H31F4N7O2S/c33-24-8-4-5-9-25(24)40-30(45)43-17-14-23(19-43)38-26-11-10-22(18-37-26)39-29(44)27-28(32(34,35)36)41-31(46-27)42-15-12-21(13-16-42)20-6-2-1-3-7-20/h1-11,18,21,23H,12-17,19H2,(H,37,38)(H,39,44)(H,40,45)/t23-/m0/s1. The van der Waals surface area contributed by atoms with E-state index < -0.39 is 34.5 Å². The van der Waals surface area contributed by atoms with E-state index in [9.17, 15) is 27.2 Å². The number of piperidine rings is 1. The van der Waals surface area contributed by atoms with Crippen LogP contribution in [0.15, 0.2) is 72.9 Å². The Bertz CT molecular complexity index is 1680. The van der Waals surface area contributed by atoms with Gasteiger partial charge >= 0.3 is 12.2 Å². The highest BCUT2D eigenvalue weighted by atomic mass is 32.1. The molecule has 0 bridgehead atoms. The average molecular weight is 654 g/mol. The molecule has 2 aliphatic rings. The minimum absolute atomic E-state index is 0.101. The average Bonchev–Trinajstić information content (AvgIpc) is 3.72. The number of anilines is 4. The minimum atomic E-state index is -4.79. The third-order valence-corrected chi connectivity index (χ3v) is 9.21. The lowest BCUT2D eigenvalue weighted by molar-refractivity contribution is -0.141. The summed E-state index contributed by atoms with van der Waals surface area (Å²) < 4.78 is 55.7. The molecule has 14 heteroatoms. The highest BCUT2D eigenvalue weighted by molar-refractivity contribution is 7.17. The molecule has 4 heterocycles. The van der Waals surface area contributed by atoms with Crippen molar-refractivity contribution in [2.45, 2.75) is 37.4 Å². The molecule has 0 spiro atoms. The molecule has 3 amide bonds. The van der Waals surface area contributed by atoms with Crippen molar-refractivity contribution >= 4 is 45.6 Å². The Hall–Kier alpha value is -4.72. The Kier molecular flexibility index (Phi) is 9.06. The first kappa shape index (κ1) is 31.3. The number of amides is 3. The molecule has 0 saturated carbocycles. The van der Waals surface area contributed by atoms with Crippen LogP contribution in [0.25, 0.3) is 0 Å². The van der Waals surface area contributed by atoms with Crippen LogP contribution in [0, 0.1) is 5.82 Å². The van der Waals surface area contributed by atoms with E-state index in [4.69, 9.17) is 0 Å². The summed E-state index contributed by atoms with van der Waals surface area (Å²) in [5, 5.41) is 8.47. The van der Waals surface area contributed by atoms with Gasteiger partial charge in [-0.2, -0.15) is 13.2 Å². The summed E-state index contributed by atoms with van der Waals surface area (Å²) in [7, 11) is 0. The number of carbonyl (C=O) groups is 2. The largest absolute Gasteiger partial charge is 0.435 e. The van der Waals surface area contributed by atoms with Gasteiger partial charge in [0.05, 0.1) is 17.6 Å². The highest BCUT2D eigenvalue weighted by Crippen LogP contribution is 2.39. The number of nitrogens with one attached hydrogen (secondary N) is 3. The van der Waals surface area contributed by atoms with E-state index in [-0.39, 0.29) is 22.5 Å². The second kappa shape index (κ2) is 13.3. The maximum absolute atomic E-state index is 13.9. The maximum Gasteiger partial charge on any atom is 0.435 e. The molecule has 2 aliphatic heterocycles. The number of hydrogen-bond acceptors (Lipinski definition) is 7. The second-order valence-corrected chi connectivity index (χ2v) is 12.2. The summed E-state index contributed by atoms with van der Waals surface area (Å²) in [6.45, 7) is 1.89. The predicted octanol–water partition coefficient (Wildman–Crippen LogP) is 7.05. The van der Waals surface area contributed by atoms with Crippen molar-refractivity contribution in [3.63, 3.8) is 0 Å². The summed E-state index contributed by atoms with van der Waals surface area (Å²) in [6.07, 6.45) is -1.27. The SMILES string of the molecule is O=C(Nc1ccc(N[C@H]2CCN(C(=O)Nc3ccccc3F)C2)nc1)c1sc(N2CCC(c3ccccc3)CC2)nc1C(F)(F)F. The summed E-state index contributed by atoms with van der Waals surface area (Å²) in [5.74, 6) is -0.643. The van der Waals surface area contributed by atoms with Gasteiger partial charge < -0.3 is 25.8 Å². The van der Waals surface area contributed by atoms with E-state index in [1.54, 1.807) is 17.0 Å². The van der Waals surface area contributed by atoms with Crippen molar-refractivity contribution in [1.82, 2.24) is 14.9 Å². The van der Waals surface area contributed by atoms with Gasteiger partial charge in [-0.05, 0) is 55.0 Å². The van der Waals surface area contributed by atoms with Crippen molar-refractivity contribution in [3.05, 3.63) is 94.9 Å². The number of hydrogen-bond donors (Lipinski definition) is 3. The molecule has 46 heavy (non-hydrogen) atoms. The number of aromatic nitrogens is 2. The van der Waals surface area contributed by atoms with Crippen molar-refractivity contribution in [2.75, 3.05) is 47.0 Å². The van der Waals surface area contributed by atoms with Crippen LogP contribution in [-0.2, 0) is 6.18 Å². The number of nitrogens with zero attached hydrogens (tertiary/aromatic N) is 4. The number of benzene rings is 2. The van der Waals surface area contributed by atoms with Gasteiger partial charge in [-0.1, -0.05) is 53.8 Å². The number of urea groups is 1. The van der Waals surface area contributed by atoms with Crippen LogP contribution in [0.2, 0.25) is 0 Å². The van der Waals surface area contributed by atoms with E-state index in [1.165, 1.54) is 36.0 Å². The van der Waals surface area contributed by atoms with Gasteiger partial charge in [-0.25, -0.2) is 19.2 Å². The molecule has 9 nitrogen and oxygen atoms in total. The Morgan fingerprint density at radius 3 is 2.33 bits per heavy atom. The third-order valence-electron chi connectivity index (χ3n) is 8.09. The number of alkyl halides is 3. The lowest BCUT2D eigenvalue weighted by Crippen LogP contribution is -2.35. The van der Waals surface area contributed by atoms with Gasteiger partial charge in [0.15, 0.2) is 10.8 Å². The van der Waals surface area contributed by atoms with Crippen molar-refractivity contribution in [1.29, 1.82) is 0 Å². The summed E-state index contributed by atoms with van der Waals surface area (Å²) in [6, 6.07) is 18.5. The van der Waals surface area contributed by atoms with Gasteiger partial charge in [0.2, 0.25) is 0 Å². The minimum Gasteiger partial charge on any atom is -0.365 e. The summed E-state index contributed by atoms with van der Waals surface area (Å²) in [4.78, 5) is 36.6. The van der Waals surface area contributed by atoms with Gasteiger partial charge in [0.1, 0.15) is 16.5 Å². The zero-order valence-electron chi connectivity index (χ0n) is 24.6. The first-order valence-electron chi connectivity index (χ1n) is 14.9. The Balaban J connectivity index is 1.05. The molecule has 2 saturated heterocycles. The van der Waals surface area contributed by atoms with E-state index in [0.29, 0.717) is 44.3 Å². The van der Waals surface area contributed by atoms with Gasteiger partial charge in [-0.15, -0.1) is 0 Å². The van der Waals surface area contributed by atoms with Crippen molar-refractivity contribution in [2.24, 2.45) is 0 Å². The summed E-state index contributed by atoms with van der Waals surface area (Å²) in [5.41, 5.74) is 0.330. The Labute approximate surface area is 266 Å². The van der Waals surface area contributed by atoms with Crippen LogP contribution in [0.4, 0.5) is 44.7 Å². The topological polar surface area (TPSA) is 102 Å². The molecular weight excluding hydrogens is 622 g/mol. The number of pyridine rings is 1. The molecule has 240 valence electrons. The van der Waals surface area contributed by atoms with E-state index in [2.05, 4.69) is 38.1 Å². The molecule has 0 aliphatic carbocycles. The van der Waals surface area contributed by atoms with E-state index >= 15 is 0 Å². The first-order chi connectivity index (χ1) is 22.1. The first-order valence-corrected chi connectivity index (χ1v) is 15.7. The monoisotopic (exact) mass is 653 g/mol. The molecular formula is C32H31F4N7O2S. The Morgan fingerprint density at radius 1 is 0.891 bits per heavy atom. The molecule has 6 rings (SSSR count). The smallest absolute Gasteiger partial charge is 0.365 e. The van der Waals surface area contributed by atoms with Crippen LogP contribution in [0.3, 0.4) is 0 Å². The highest BCUT2D eigenvalue weighted by Gasteiger charge is 2.40. The number of thiazole rings is 1. The molecule has 0 radical (unpaired) electrons. The van der Waals surface area contributed by atoms with Crippen LogP contribution < -0.4 is 20.9 Å². The lowest BCUT2D eigenvalue weighted by atomic mass is 9.90. The van der Waals surface area contributed by atoms with Crippen molar-refractivity contribution < 1.29 is 27.2 Å². The number of carbonyl (C=O) groups excluding carboxylic acids is 2. The fourth-order valence-electron chi connectivity index (χ4n) is 5.69. The second-order valence-electron chi connectivity index (χ2n) is 11.2. The molecule has 0 unspecified atom stereocenters. The molecule has 2 fully saturated rings. The fourth-order valence-corrected chi connectivity index (χ4v) is 6.72. The number of rotatable bonds is 7. The third kappa shape index (κ3) is 7.22. The number of para-hydroxylation sites is 1. The van der Waals surface area contributed by atoms with E-state index in [1.807, 2.05) is 23.1 Å². The van der Waals surface area contributed by atoms with Gasteiger partial charge in [0, 0.05) is 32.2 Å². The Morgan fingerprint density at radius 2 is 1.63 bits per heavy atom. The normalized spacial score (nSPS) is 17.2. The van der Waals surface area contributed by atoms with Crippen LogP contribution in [0.5, 0.6) is 0 Å². The maximum atomic E-state index is 13.9. The lowest BCUT2D eigenvalue weighted by Gasteiger charge is -2.32. The number of halogens is 4. The zero-order valence-corrected chi connectivity index (χ0v) is 25.4.